The maximum atomic E-state index is 13.4. The van der Waals surface area contributed by atoms with Gasteiger partial charge in [0.1, 0.15) is 17.8 Å². The van der Waals surface area contributed by atoms with E-state index in [2.05, 4.69) is 26.5 Å². The summed E-state index contributed by atoms with van der Waals surface area (Å²) in [6, 6.07) is 1.95. The summed E-state index contributed by atoms with van der Waals surface area (Å²) in [5.74, 6) is -1.77. The van der Waals surface area contributed by atoms with Crippen LogP contribution in [0.25, 0.3) is 0 Å². The third-order valence-corrected chi connectivity index (χ3v) is 10.3. The molecule has 2 aliphatic heterocycles. The molecule has 0 spiro atoms. The second-order valence-electron chi connectivity index (χ2n) is 12.6. The van der Waals surface area contributed by atoms with Gasteiger partial charge in [-0.15, -0.1) is 0 Å². The van der Waals surface area contributed by atoms with Crippen molar-refractivity contribution >= 4 is 17.9 Å². The van der Waals surface area contributed by atoms with Crippen LogP contribution in [0.15, 0.2) is 58.5 Å². The molecule has 8 unspecified atom stereocenters. The summed E-state index contributed by atoms with van der Waals surface area (Å²) in [5, 5.41) is 0. The van der Waals surface area contributed by atoms with Gasteiger partial charge in [-0.2, -0.15) is 0 Å². The van der Waals surface area contributed by atoms with E-state index in [0.717, 1.165) is 23.1 Å². The first-order chi connectivity index (χ1) is 18.8. The van der Waals surface area contributed by atoms with Gasteiger partial charge in [0.05, 0.1) is 38.6 Å². The van der Waals surface area contributed by atoms with Crippen LogP contribution < -0.4 is 0 Å². The van der Waals surface area contributed by atoms with Gasteiger partial charge in [-0.1, -0.05) is 32.6 Å². The van der Waals surface area contributed by atoms with Crippen LogP contribution in [-0.2, 0) is 33.3 Å². The van der Waals surface area contributed by atoms with Crippen molar-refractivity contribution in [3.05, 3.63) is 59.6 Å². The molecule has 1 saturated carbocycles. The van der Waals surface area contributed by atoms with E-state index in [-0.39, 0.29) is 36.6 Å². The van der Waals surface area contributed by atoms with E-state index in [9.17, 15) is 14.4 Å². The Labute approximate surface area is 235 Å². The van der Waals surface area contributed by atoms with Gasteiger partial charge < -0.3 is 23.4 Å². The molecule has 0 radical (unpaired) electrons. The summed E-state index contributed by atoms with van der Waals surface area (Å²) in [6.45, 7) is 16.1. The zero-order chi connectivity index (χ0) is 29.2. The van der Waals surface area contributed by atoms with Crippen LogP contribution in [0.3, 0.4) is 0 Å². The second kappa shape index (κ2) is 9.75. The summed E-state index contributed by atoms with van der Waals surface area (Å²) in [5.41, 5.74) is 1.20. The predicted octanol–water partition coefficient (Wildman–Crippen LogP) is 5.44. The van der Waals surface area contributed by atoms with Crippen LogP contribution in [0.5, 0.6) is 0 Å². The van der Waals surface area contributed by atoms with Gasteiger partial charge >= 0.3 is 17.9 Å². The number of esters is 3. The number of rotatable bonds is 6. The highest BCUT2D eigenvalue weighted by Crippen LogP contribution is 2.68. The molecule has 3 heterocycles. The SMILES string of the molecule is C=C1C2=CCC(c3ccoc3)C2(C)C(OC(=O)C(C)=CC)C2OC(CC(=O)OC)C(C)(C3CC(=O)OC3(C)C)C12. The number of carbonyl (C=O) groups excluding carboxylic acids is 3. The zero-order valence-corrected chi connectivity index (χ0v) is 24.4. The number of hydrogen-bond acceptors (Lipinski definition) is 8. The number of carbonyl (C=O) groups is 3. The highest BCUT2D eigenvalue weighted by atomic mass is 16.6. The molecular formula is C32H40O8. The summed E-state index contributed by atoms with van der Waals surface area (Å²) >= 11 is 0. The van der Waals surface area contributed by atoms with E-state index >= 15 is 0 Å². The Morgan fingerprint density at radius 1 is 1.23 bits per heavy atom. The molecule has 0 N–H and O–H groups in total. The highest BCUT2D eigenvalue weighted by Gasteiger charge is 2.71. The van der Waals surface area contributed by atoms with Gasteiger partial charge in [0.2, 0.25) is 0 Å². The summed E-state index contributed by atoms with van der Waals surface area (Å²) in [7, 11) is 1.35. The Balaban J connectivity index is 1.68. The lowest BCUT2D eigenvalue weighted by molar-refractivity contribution is -0.169. The molecule has 40 heavy (non-hydrogen) atoms. The van der Waals surface area contributed by atoms with Crippen LogP contribution in [0.2, 0.25) is 0 Å². The zero-order valence-electron chi connectivity index (χ0n) is 24.4. The van der Waals surface area contributed by atoms with E-state index in [1.54, 1.807) is 32.4 Å². The fourth-order valence-electron chi connectivity index (χ4n) is 8.22. The second-order valence-corrected chi connectivity index (χ2v) is 12.6. The van der Waals surface area contributed by atoms with Crippen molar-refractivity contribution in [2.24, 2.45) is 22.7 Å². The molecule has 8 heteroatoms. The minimum atomic E-state index is -0.795. The Hall–Kier alpha value is -3.13. The third-order valence-electron chi connectivity index (χ3n) is 10.3. The lowest BCUT2D eigenvalue weighted by atomic mass is 9.51. The number of allylic oxidation sites excluding steroid dienone is 2. The van der Waals surface area contributed by atoms with Crippen LogP contribution in [0.1, 0.15) is 72.3 Å². The molecule has 4 aliphatic rings. The van der Waals surface area contributed by atoms with Gasteiger partial charge in [0.25, 0.3) is 0 Å². The molecule has 2 aliphatic carbocycles. The lowest BCUT2D eigenvalue weighted by Crippen LogP contribution is -2.57. The van der Waals surface area contributed by atoms with Crippen LogP contribution in [0, 0.1) is 22.7 Å². The standard InChI is InChI=1S/C32H40O8/c1-9-17(2)29(35)39-28-27-26(18(3)20-10-11-21(31(20,28)6)19-12-13-37-16-19)32(7,23(38-27)15-24(33)36-8)22-14-25(34)40-30(22,4)5/h9-10,12-13,16,21-23,26-28H,3,11,14-15H2,1-2,4-8H3. The summed E-state index contributed by atoms with van der Waals surface area (Å²) in [6.07, 6.45) is 6.29. The minimum Gasteiger partial charge on any atom is -0.472 e. The molecular weight excluding hydrogens is 512 g/mol. The molecule has 8 atom stereocenters. The molecule has 5 rings (SSSR count). The van der Waals surface area contributed by atoms with E-state index in [1.165, 1.54) is 7.11 Å². The molecule has 0 bridgehead atoms. The number of hydrogen-bond donors (Lipinski definition) is 0. The van der Waals surface area contributed by atoms with E-state index in [1.807, 2.05) is 19.9 Å². The molecule has 216 valence electrons. The van der Waals surface area contributed by atoms with Crippen molar-refractivity contribution in [3.8, 4) is 0 Å². The largest absolute Gasteiger partial charge is 0.472 e. The smallest absolute Gasteiger partial charge is 0.333 e. The number of cyclic esters (lactones) is 1. The van der Waals surface area contributed by atoms with Crippen molar-refractivity contribution in [1.29, 1.82) is 0 Å². The number of methoxy groups -OCH3 is 1. The molecule has 1 aromatic rings. The molecule has 1 aromatic heterocycles. The number of fused-ring (bicyclic) bond motifs is 2. The lowest BCUT2D eigenvalue weighted by Gasteiger charge is -2.53. The monoisotopic (exact) mass is 552 g/mol. The Morgan fingerprint density at radius 3 is 2.52 bits per heavy atom. The third kappa shape index (κ3) is 4.01. The fraction of sp³-hybridized carbons (Fsp3) is 0.594. The number of furan rings is 1. The van der Waals surface area contributed by atoms with Gasteiger partial charge in [-0.05, 0) is 56.9 Å². The van der Waals surface area contributed by atoms with Crippen LogP contribution in [-0.4, -0.2) is 48.9 Å². The Kier molecular flexibility index (Phi) is 6.93. The van der Waals surface area contributed by atoms with E-state index < -0.39 is 46.7 Å². The first-order valence-electron chi connectivity index (χ1n) is 14.0. The molecule has 0 amide bonds. The van der Waals surface area contributed by atoms with Crippen molar-refractivity contribution in [2.45, 2.75) is 90.6 Å². The molecule has 8 nitrogen and oxygen atoms in total. The van der Waals surface area contributed by atoms with Crippen molar-refractivity contribution < 1.29 is 37.7 Å². The minimum absolute atomic E-state index is 0.0104. The normalized spacial score (nSPS) is 38.4. The van der Waals surface area contributed by atoms with Gasteiger partial charge in [-0.25, -0.2) is 4.79 Å². The average molecular weight is 553 g/mol. The van der Waals surface area contributed by atoms with Crippen molar-refractivity contribution in [1.82, 2.24) is 0 Å². The highest BCUT2D eigenvalue weighted by molar-refractivity contribution is 5.88. The topological polar surface area (TPSA) is 101 Å². The van der Waals surface area contributed by atoms with Gasteiger partial charge in [-0.3, -0.25) is 9.59 Å². The van der Waals surface area contributed by atoms with E-state index in [0.29, 0.717) is 5.57 Å². The van der Waals surface area contributed by atoms with E-state index in [4.69, 9.17) is 23.4 Å². The first-order valence-corrected chi connectivity index (χ1v) is 14.0. The number of ether oxygens (including phenoxy) is 4. The van der Waals surface area contributed by atoms with Crippen LogP contribution in [0.4, 0.5) is 0 Å². The quantitative estimate of drug-likeness (QED) is 0.261. The fourth-order valence-corrected chi connectivity index (χ4v) is 8.22. The summed E-state index contributed by atoms with van der Waals surface area (Å²) < 4.78 is 29.6. The summed E-state index contributed by atoms with van der Waals surface area (Å²) in [4.78, 5) is 38.7. The Bertz CT molecular complexity index is 1290. The maximum absolute atomic E-state index is 13.4. The first kappa shape index (κ1) is 28.4. The van der Waals surface area contributed by atoms with Crippen molar-refractivity contribution in [2.75, 3.05) is 7.11 Å². The predicted molar refractivity (Wildman–Crippen MR) is 146 cm³/mol. The van der Waals surface area contributed by atoms with Crippen LogP contribution >= 0.6 is 0 Å². The Morgan fingerprint density at radius 2 is 1.95 bits per heavy atom. The van der Waals surface area contributed by atoms with Gasteiger partial charge in [0, 0.05) is 34.2 Å². The maximum Gasteiger partial charge on any atom is 0.333 e. The molecule has 3 fully saturated rings. The molecule has 0 aromatic carbocycles. The van der Waals surface area contributed by atoms with Crippen molar-refractivity contribution in [3.63, 3.8) is 0 Å². The average Bonchev–Trinajstić information content (AvgIpc) is 3.66. The van der Waals surface area contributed by atoms with Gasteiger partial charge in [0.15, 0.2) is 0 Å². The molecule has 2 saturated heterocycles.